The van der Waals surface area contributed by atoms with E-state index in [1.165, 1.54) is 18.9 Å². The zero-order valence-corrected chi connectivity index (χ0v) is 14.2. The van der Waals surface area contributed by atoms with Crippen LogP contribution in [0, 0.1) is 11.3 Å². The van der Waals surface area contributed by atoms with Gasteiger partial charge in [0.1, 0.15) is 11.8 Å². The molecule has 0 aliphatic carbocycles. The first-order valence-electron chi connectivity index (χ1n) is 7.26. The second-order valence-electron chi connectivity index (χ2n) is 4.77. The minimum Gasteiger partial charge on any atom is -0.495 e. The van der Waals surface area contributed by atoms with E-state index < -0.39 is 6.04 Å². The highest BCUT2D eigenvalue weighted by Gasteiger charge is 2.25. The smallest absolute Gasteiger partial charge is 0.247 e. The molecular weight excluding hydrogens is 328 g/mol. The molecule has 1 heterocycles. The van der Waals surface area contributed by atoms with Crippen molar-refractivity contribution < 1.29 is 9.53 Å². The summed E-state index contributed by atoms with van der Waals surface area (Å²) >= 11 is 1.19. The van der Waals surface area contributed by atoms with E-state index in [4.69, 9.17) is 15.7 Å². The predicted molar refractivity (Wildman–Crippen MR) is 91.7 cm³/mol. The van der Waals surface area contributed by atoms with E-state index in [-0.39, 0.29) is 17.6 Å². The number of nitriles is 1. The third-order valence-corrected chi connectivity index (χ3v) is 4.13. The van der Waals surface area contributed by atoms with Crippen molar-refractivity contribution >= 4 is 29.3 Å². The van der Waals surface area contributed by atoms with Crippen LogP contribution in [0.2, 0.25) is 0 Å². The van der Waals surface area contributed by atoms with Gasteiger partial charge in [-0.1, -0.05) is 30.8 Å². The number of nitrogens with zero attached hydrogens (tertiary/aromatic N) is 4. The molecule has 0 aliphatic rings. The molecule has 0 fully saturated rings. The fourth-order valence-electron chi connectivity index (χ4n) is 2.23. The summed E-state index contributed by atoms with van der Waals surface area (Å²) in [4.78, 5) is 12.7. The molecule has 1 aromatic carbocycles. The summed E-state index contributed by atoms with van der Waals surface area (Å²) in [6.07, 6.45) is 0.489. The van der Waals surface area contributed by atoms with Gasteiger partial charge < -0.3 is 15.8 Å². The molecule has 1 unspecified atom stereocenters. The Labute approximate surface area is 144 Å². The van der Waals surface area contributed by atoms with Crippen LogP contribution in [-0.2, 0) is 4.79 Å². The lowest BCUT2D eigenvalue weighted by Gasteiger charge is -2.19. The second-order valence-corrected chi connectivity index (χ2v) is 5.71. The molecule has 0 saturated carbocycles. The Balaban J connectivity index is 2.27. The molecule has 2 aromatic rings. The van der Waals surface area contributed by atoms with Gasteiger partial charge in [0, 0.05) is 0 Å². The maximum atomic E-state index is 12.7. The molecule has 24 heavy (non-hydrogen) atoms. The summed E-state index contributed by atoms with van der Waals surface area (Å²) < 4.78 is 6.79. The van der Waals surface area contributed by atoms with Crippen molar-refractivity contribution in [2.45, 2.75) is 24.5 Å². The molecule has 3 N–H and O–H groups in total. The maximum absolute atomic E-state index is 12.7. The van der Waals surface area contributed by atoms with E-state index in [0.717, 1.165) is 0 Å². The van der Waals surface area contributed by atoms with Crippen LogP contribution in [0.15, 0.2) is 29.4 Å². The molecule has 0 aliphatic heterocycles. The number of carbonyl (C=O) groups is 1. The lowest BCUT2D eigenvalue weighted by molar-refractivity contribution is -0.119. The number of rotatable bonds is 7. The van der Waals surface area contributed by atoms with Gasteiger partial charge in [0.2, 0.25) is 11.9 Å². The molecule has 0 bridgehead atoms. The molecule has 1 aromatic heterocycles. The topological polar surface area (TPSA) is 119 Å². The van der Waals surface area contributed by atoms with Gasteiger partial charge >= 0.3 is 0 Å². The molecule has 0 spiro atoms. The molecule has 8 nitrogen and oxygen atoms in total. The summed E-state index contributed by atoms with van der Waals surface area (Å²) in [5.41, 5.74) is 6.44. The number of nitrogen functional groups attached to an aromatic ring is 1. The summed E-state index contributed by atoms with van der Waals surface area (Å²) in [7, 11) is 1.54. The highest BCUT2D eigenvalue weighted by atomic mass is 32.2. The average Bonchev–Trinajstić information content (AvgIpc) is 2.95. The van der Waals surface area contributed by atoms with Crippen molar-refractivity contribution in [1.29, 1.82) is 5.26 Å². The minimum absolute atomic E-state index is 0.137. The number of methoxy groups -OCH3 is 1. The monoisotopic (exact) mass is 346 g/mol. The van der Waals surface area contributed by atoms with E-state index in [2.05, 4.69) is 15.5 Å². The third-order valence-electron chi connectivity index (χ3n) is 3.32. The molecule has 9 heteroatoms. The van der Waals surface area contributed by atoms with E-state index in [0.29, 0.717) is 23.0 Å². The van der Waals surface area contributed by atoms with Crippen molar-refractivity contribution in [1.82, 2.24) is 14.8 Å². The number of hydrogen-bond acceptors (Lipinski definition) is 7. The number of amides is 1. The Hall–Kier alpha value is -2.73. The highest BCUT2D eigenvalue weighted by molar-refractivity contribution is 7.99. The first kappa shape index (κ1) is 17.6. The molecular formula is C15H18N6O2S. The SMILES string of the molecule is CCC(C(=O)Nc1ccccc1OC)n1c(N)nnc1SCC#N. The van der Waals surface area contributed by atoms with E-state index >= 15 is 0 Å². The standard InChI is InChI=1S/C15H18N6O2S/c1-3-11(21-14(17)19-20-15(21)24-9-8-16)13(22)18-10-6-4-5-7-12(10)23-2/h4-7,11H,3,9H2,1-2H3,(H2,17,19)(H,18,22). The van der Waals surface area contributed by atoms with Crippen LogP contribution < -0.4 is 15.8 Å². The molecule has 0 radical (unpaired) electrons. The van der Waals surface area contributed by atoms with Crippen LogP contribution in [0.1, 0.15) is 19.4 Å². The number of para-hydroxylation sites is 2. The molecule has 1 amide bonds. The van der Waals surface area contributed by atoms with Gasteiger partial charge in [-0.05, 0) is 18.6 Å². The average molecular weight is 346 g/mol. The number of benzene rings is 1. The van der Waals surface area contributed by atoms with Crippen LogP contribution in [0.25, 0.3) is 0 Å². The Kier molecular flexibility index (Phi) is 6.03. The summed E-state index contributed by atoms with van der Waals surface area (Å²) in [5.74, 6) is 0.643. The van der Waals surface area contributed by atoms with Crippen LogP contribution in [0.3, 0.4) is 0 Å². The molecule has 2 rings (SSSR count). The zero-order valence-electron chi connectivity index (χ0n) is 13.4. The summed E-state index contributed by atoms with van der Waals surface area (Å²) in [6.45, 7) is 1.87. The Morgan fingerprint density at radius 3 is 2.92 bits per heavy atom. The quantitative estimate of drug-likeness (QED) is 0.737. The lowest BCUT2D eigenvalue weighted by Crippen LogP contribution is -2.27. The van der Waals surface area contributed by atoms with Crippen molar-refractivity contribution in [3.8, 4) is 11.8 Å². The Morgan fingerprint density at radius 2 is 2.25 bits per heavy atom. The van der Waals surface area contributed by atoms with Crippen LogP contribution >= 0.6 is 11.8 Å². The Morgan fingerprint density at radius 1 is 1.50 bits per heavy atom. The number of anilines is 2. The molecule has 0 saturated heterocycles. The largest absolute Gasteiger partial charge is 0.495 e. The van der Waals surface area contributed by atoms with Crippen molar-refractivity contribution in [3.63, 3.8) is 0 Å². The normalized spacial score (nSPS) is 11.5. The number of thioether (sulfide) groups is 1. The number of ether oxygens (including phenoxy) is 1. The van der Waals surface area contributed by atoms with Crippen LogP contribution in [0.4, 0.5) is 11.6 Å². The Bertz CT molecular complexity index is 755. The first-order chi connectivity index (χ1) is 11.6. The van der Waals surface area contributed by atoms with Crippen molar-refractivity contribution in [3.05, 3.63) is 24.3 Å². The number of aromatic nitrogens is 3. The summed E-state index contributed by atoms with van der Waals surface area (Å²) in [6, 6.07) is 8.57. The van der Waals surface area contributed by atoms with E-state index in [1.807, 2.05) is 19.1 Å². The third kappa shape index (κ3) is 3.78. The minimum atomic E-state index is -0.592. The maximum Gasteiger partial charge on any atom is 0.247 e. The fraction of sp³-hybridized carbons (Fsp3) is 0.333. The first-order valence-corrected chi connectivity index (χ1v) is 8.24. The highest BCUT2D eigenvalue weighted by Crippen LogP contribution is 2.28. The summed E-state index contributed by atoms with van der Waals surface area (Å²) in [5, 5.41) is 19.8. The fourth-order valence-corrected chi connectivity index (χ4v) is 2.88. The van der Waals surface area contributed by atoms with Gasteiger partial charge in [-0.3, -0.25) is 9.36 Å². The van der Waals surface area contributed by atoms with Crippen LogP contribution in [0.5, 0.6) is 5.75 Å². The number of carbonyl (C=O) groups excluding carboxylic acids is 1. The van der Waals surface area contributed by atoms with Gasteiger partial charge in [-0.25, -0.2) is 0 Å². The van der Waals surface area contributed by atoms with Crippen molar-refractivity contribution in [2.75, 3.05) is 23.9 Å². The van der Waals surface area contributed by atoms with Crippen molar-refractivity contribution in [2.24, 2.45) is 0 Å². The predicted octanol–water partition coefficient (Wildman–Crippen LogP) is 2.07. The second kappa shape index (κ2) is 8.21. The zero-order chi connectivity index (χ0) is 17.5. The molecule has 126 valence electrons. The number of hydrogen-bond donors (Lipinski definition) is 2. The van der Waals surface area contributed by atoms with Crippen LogP contribution in [-0.4, -0.2) is 33.5 Å². The molecule has 1 atom stereocenters. The van der Waals surface area contributed by atoms with Gasteiger partial charge in [0.15, 0.2) is 5.16 Å². The van der Waals surface area contributed by atoms with Gasteiger partial charge in [-0.2, -0.15) is 5.26 Å². The number of nitrogens with two attached hydrogens (primary N) is 1. The lowest BCUT2D eigenvalue weighted by atomic mass is 10.2. The van der Waals surface area contributed by atoms with Gasteiger partial charge in [0.25, 0.3) is 0 Å². The van der Waals surface area contributed by atoms with Gasteiger partial charge in [0.05, 0.1) is 24.6 Å². The van der Waals surface area contributed by atoms with E-state index in [1.54, 1.807) is 22.8 Å². The van der Waals surface area contributed by atoms with Gasteiger partial charge in [-0.15, -0.1) is 10.2 Å². The number of nitrogens with one attached hydrogen (secondary N) is 1. The van der Waals surface area contributed by atoms with E-state index in [9.17, 15) is 4.79 Å².